The summed E-state index contributed by atoms with van der Waals surface area (Å²) >= 11 is 0. The number of rotatable bonds is 4. The van der Waals surface area contributed by atoms with Crippen molar-refractivity contribution in [3.8, 4) is 5.69 Å². The van der Waals surface area contributed by atoms with E-state index in [1.165, 1.54) is 9.13 Å². The van der Waals surface area contributed by atoms with Crippen LogP contribution in [0.25, 0.3) is 5.69 Å². The van der Waals surface area contributed by atoms with Gasteiger partial charge in [-0.3, -0.25) is 14.2 Å². The van der Waals surface area contributed by atoms with Gasteiger partial charge in [0, 0.05) is 18.9 Å². The highest BCUT2D eigenvalue weighted by atomic mass is 16.2. The molecule has 0 radical (unpaired) electrons. The lowest BCUT2D eigenvalue weighted by Gasteiger charge is -2.10. The van der Waals surface area contributed by atoms with E-state index in [1.807, 2.05) is 31.2 Å². The standard InChI is InChI=1S/C15H18N2O2/c1-3-4-9-16-10-11-17(15(19)14(16)18)13-8-6-5-7-12(13)2/h5-8,10-11H,3-4,9H2,1-2H3. The van der Waals surface area contributed by atoms with Crippen LogP contribution in [0.1, 0.15) is 25.3 Å². The molecular weight excluding hydrogens is 240 g/mol. The zero-order valence-electron chi connectivity index (χ0n) is 11.3. The SMILES string of the molecule is CCCCn1ccn(-c2ccccc2C)c(=O)c1=O. The number of para-hydroxylation sites is 1. The fourth-order valence-corrected chi connectivity index (χ4v) is 2.04. The fraction of sp³-hybridized carbons (Fsp3) is 0.333. The average molecular weight is 258 g/mol. The van der Waals surface area contributed by atoms with E-state index in [-0.39, 0.29) is 0 Å². The molecular formula is C15H18N2O2. The molecule has 1 heterocycles. The number of benzene rings is 1. The first-order chi connectivity index (χ1) is 9.15. The van der Waals surface area contributed by atoms with Gasteiger partial charge in [0.15, 0.2) is 0 Å². The number of aromatic nitrogens is 2. The van der Waals surface area contributed by atoms with Crippen LogP contribution in [0.15, 0.2) is 46.2 Å². The van der Waals surface area contributed by atoms with Crippen molar-refractivity contribution in [1.82, 2.24) is 9.13 Å². The summed E-state index contributed by atoms with van der Waals surface area (Å²) in [5, 5.41) is 0. The molecule has 0 atom stereocenters. The molecule has 0 bridgehead atoms. The van der Waals surface area contributed by atoms with E-state index in [0.717, 1.165) is 24.1 Å². The summed E-state index contributed by atoms with van der Waals surface area (Å²) in [4.78, 5) is 24.1. The summed E-state index contributed by atoms with van der Waals surface area (Å²) in [7, 11) is 0. The molecule has 0 aliphatic rings. The molecule has 0 N–H and O–H groups in total. The lowest BCUT2D eigenvalue weighted by molar-refractivity contribution is 0.598. The lowest BCUT2D eigenvalue weighted by atomic mass is 10.2. The van der Waals surface area contributed by atoms with Crippen molar-refractivity contribution >= 4 is 0 Å². The molecule has 0 amide bonds. The van der Waals surface area contributed by atoms with Gasteiger partial charge in [-0.25, -0.2) is 0 Å². The van der Waals surface area contributed by atoms with Crippen molar-refractivity contribution in [1.29, 1.82) is 0 Å². The van der Waals surface area contributed by atoms with E-state index in [4.69, 9.17) is 0 Å². The minimum absolute atomic E-state index is 0.459. The predicted octanol–water partition coefficient (Wildman–Crippen LogP) is 2.11. The first-order valence-corrected chi connectivity index (χ1v) is 6.53. The normalized spacial score (nSPS) is 10.6. The second kappa shape index (κ2) is 5.69. The Bertz CT molecular complexity index is 683. The van der Waals surface area contributed by atoms with Gasteiger partial charge in [0.2, 0.25) is 0 Å². The van der Waals surface area contributed by atoms with Gasteiger partial charge >= 0.3 is 11.1 Å². The second-order valence-electron chi connectivity index (χ2n) is 4.61. The van der Waals surface area contributed by atoms with Crippen molar-refractivity contribution in [2.45, 2.75) is 33.2 Å². The Morgan fingerprint density at radius 1 is 1.05 bits per heavy atom. The summed E-state index contributed by atoms with van der Waals surface area (Å²) in [6.45, 7) is 4.57. The van der Waals surface area contributed by atoms with Crippen LogP contribution in [0.5, 0.6) is 0 Å². The second-order valence-corrected chi connectivity index (χ2v) is 4.61. The first-order valence-electron chi connectivity index (χ1n) is 6.53. The molecule has 0 aliphatic heterocycles. The Morgan fingerprint density at radius 3 is 2.47 bits per heavy atom. The predicted molar refractivity (Wildman–Crippen MR) is 75.9 cm³/mol. The highest BCUT2D eigenvalue weighted by Crippen LogP contribution is 2.09. The minimum Gasteiger partial charge on any atom is -0.309 e. The zero-order chi connectivity index (χ0) is 13.8. The first kappa shape index (κ1) is 13.3. The maximum atomic E-state index is 12.1. The molecule has 4 nitrogen and oxygen atoms in total. The maximum absolute atomic E-state index is 12.1. The summed E-state index contributed by atoms with van der Waals surface area (Å²) in [5.74, 6) is 0. The third-order valence-corrected chi connectivity index (χ3v) is 3.19. The number of hydrogen-bond acceptors (Lipinski definition) is 2. The van der Waals surface area contributed by atoms with Gasteiger partial charge in [0.25, 0.3) is 0 Å². The highest BCUT2D eigenvalue weighted by Gasteiger charge is 2.07. The minimum atomic E-state index is -0.493. The van der Waals surface area contributed by atoms with Gasteiger partial charge in [-0.1, -0.05) is 31.5 Å². The van der Waals surface area contributed by atoms with Gasteiger partial charge in [-0.05, 0) is 25.0 Å². The average Bonchev–Trinajstić information content (AvgIpc) is 2.42. The molecule has 0 saturated heterocycles. The Hall–Kier alpha value is -2.10. The van der Waals surface area contributed by atoms with E-state index in [9.17, 15) is 9.59 Å². The number of nitrogens with zero attached hydrogens (tertiary/aromatic N) is 2. The molecule has 1 aromatic carbocycles. The Balaban J connectivity index is 2.51. The Morgan fingerprint density at radius 2 is 1.79 bits per heavy atom. The lowest BCUT2D eigenvalue weighted by Crippen LogP contribution is -2.40. The molecule has 100 valence electrons. The van der Waals surface area contributed by atoms with Crippen molar-refractivity contribution in [2.24, 2.45) is 0 Å². The van der Waals surface area contributed by atoms with Crippen LogP contribution in [-0.2, 0) is 6.54 Å². The fourth-order valence-electron chi connectivity index (χ4n) is 2.04. The van der Waals surface area contributed by atoms with E-state index in [1.54, 1.807) is 12.4 Å². The molecule has 2 aromatic rings. The number of hydrogen-bond donors (Lipinski definition) is 0. The van der Waals surface area contributed by atoms with Gasteiger partial charge in [-0.15, -0.1) is 0 Å². The van der Waals surface area contributed by atoms with Crippen molar-refractivity contribution in [3.05, 3.63) is 62.9 Å². The molecule has 0 fully saturated rings. The van der Waals surface area contributed by atoms with Gasteiger partial charge in [-0.2, -0.15) is 0 Å². The van der Waals surface area contributed by atoms with E-state index < -0.39 is 11.1 Å². The van der Waals surface area contributed by atoms with Gasteiger partial charge < -0.3 is 4.57 Å². The van der Waals surface area contributed by atoms with Crippen molar-refractivity contribution < 1.29 is 0 Å². The largest absolute Gasteiger partial charge is 0.320 e. The summed E-state index contributed by atoms with van der Waals surface area (Å²) in [6, 6.07) is 7.53. The van der Waals surface area contributed by atoms with Crippen LogP contribution >= 0.6 is 0 Å². The van der Waals surface area contributed by atoms with Crippen LogP contribution in [0, 0.1) is 6.92 Å². The molecule has 1 aromatic heterocycles. The zero-order valence-corrected chi connectivity index (χ0v) is 11.3. The smallest absolute Gasteiger partial charge is 0.309 e. The van der Waals surface area contributed by atoms with Crippen LogP contribution in [-0.4, -0.2) is 9.13 Å². The summed E-state index contributed by atoms with van der Waals surface area (Å²) in [6.07, 6.45) is 5.24. The van der Waals surface area contributed by atoms with Crippen LogP contribution in [0.2, 0.25) is 0 Å². The molecule has 2 rings (SSSR count). The molecule has 0 unspecified atom stereocenters. The summed E-state index contributed by atoms with van der Waals surface area (Å²) < 4.78 is 2.90. The van der Waals surface area contributed by atoms with Crippen molar-refractivity contribution in [2.75, 3.05) is 0 Å². The highest BCUT2D eigenvalue weighted by molar-refractivity contribution is 5.39. The Labute approximate surface area is 111 Å². The molecule has 0 saturated carbocycles. The number of aryl methyl sites for hydroxylation is 2. The Kier molecular flexibility index (Phi) is 4.00. The van der Waals surface area contributed by atoms with E-state index in [2.05, 4.69) is 6.92 Å². The maximum Gasteiger partial charge on any atom is 0.320 e. The van der Waals surface area contributed by atoms with Crippen LogP contribution in [0.3, 0.4) is 0 Å². The van der Waals surface area contributed by atoms with Crippen LogP contribution < -0.4 is 11.1 Å². The van der Waals surface area contributed by atoms with Gasteiger partial charge in [0.1, 0.15) is 0 Å². The third-order valence-electron chi connectivity index (χ3n) is 3.19. The monoisotopic (exact) mass is 258 g/mol. The van der Waals surface area contributed by atoms with Crippen LogP contribution in [0.4, 0.5) is 0 Å². The van der Waals surface area contributed by atoms with Crippen molar-refractivity contribution in [3.63, 3.8) is 0 Å². The topological polar surface area (TPSA) is 44.0 Å². The third kappa shape index (κ3) is 2.67. The molecule has 0 aliphatic carbocycles. The van der Waals surface area contributed by atoms with E-state index >= 15 is 0 Å². The summed E-state index contributed by atoms with van der Waals surface area (Å²) in [5.41, 5.74) is 0.773. The molecule has 19 heavy (non-hydrogen) atoms. The van der Waals surface area contributed by atoms with Gasteiger partial charge in [0.05, 0.1) is 5.69 Å². The molecule has 4 heteroatoms. The number of unbranched alkanes of at least 4 members (excludes halogenated alkanes) is 1. The quantitative estimate of drug-likeness (QED) is 0.788. The van der Waals surface area contributed by atoms with E-state index in [0.29, 0.717) is 6.54 Å². The molecule has 0 spiro atoms.